The van der Waals surface area contributed by atoms with Crippen molar-refractivity contribution in [2.24, 2.45) is 10.7 Å². The molecule has 2 aromatic rings. The highest BCUT2D eigenvalue weighted by atomic mass is 127. The molecule has 1 heterocycles. The zero-order chi connectivity index (χ0) is 20.0. The number of halogens is 4. The topological polar surface area (TPSA) is 72.1 Å². The summed E-state index contributed by atoms with van der Waals surface area (Å²) in [6.07, 6.45) is -4.72. The normalized spacial score (nSPS) is 14.9. The quantitative estimate of drug-likeness (QED) is 0.354. The first-order valence-electron chi connectivity index (χ1n) is 8.74. The van der Waals surface area contributed by atoms with Gasteiger partial charge in [0.25, 0.3) is 0 Å². The zero-order valence-electron chi connectivity index (χ0n) is 15.5. The van der Waals surface area contributed by atoms with Gasteiger partial charge >= 0.3 is 6.36 Å². The van der Waals surface area contributed by atoms with E-state index in [1.54, 1.807) is 0 Å². The summed E-state index contributed by atoms with van der Waals surface area (Å²) in [6.45, 7) is 3.40. The molecule has 0 bridgehead atoms. The molecular weight excluding hydrogens is 500 g/mol. The Morgan fingerprint density at radius 3 is 2.41 bits per heavy atom. The Hall–Kier alpha value is -2.21. The molecule has 1 aliphatic heterocycles. The summed E-state index contributed by atoms with van der Waals surface area (Å²) in [4.78, 5) is 6.59. The van der Waals surface area contributed by atoms with Crippen molar-refractivity contribution in [1.29, 1.82) is 0 Å². The van der Waals surface area contributed by atoms with E-state index in [0.29, 0.717) is 25.4 Å². The number of nitrogens with two attached hydrogens (primary N) is 1. The van der Waals surface area contributed by atoms with Crippen molar-refractivity contribution in [2.75, 3.05) is 36.5 Å². The highest BCUT2D eigenvalue weighted by Crippen LogP contribution is 2.24. The fourth-order valence-corrected chi connectivity index (χ4v) is 2.85. The molecule has 1 aliphatic rings. The standard InChI is InChI=1S/C19H21F3N4O2.HI/c20-19(21,22)28-16-7-5-15(6-8-16)25-18(23)24-13-14-3-1-2-4-17(14)26-9-11-27-12-10-26;/h1-8H,9-13H2,(H3,23,24,25);1H. The van der Waals surface area contributed by atoms with Gasteiger partial charge in [0.15, 0.2) is 5.96 Å². The van der Waals surface area contributed by atoms with Gasteiger partial charge in [0, 0.05) is 24.5 Å². The molecule has 158 valence electrons. The second-order valence-electron chi connectivity index (χ2n) is 6.13. The SMILES string of the molecule is I.NC(=NCc1ccccc1N1CCOCC1)Nc1ccc(OC(F)(F)F)cc1. The highest BCUT2D eigenvalue weighted by molar-refractivity contribution is 14.0. The van der Waals surface area contributed by atoms with Crippen LogP contribution in [0.4, 0.5) is 24.5 Å². The van der Waals surface area contributed by atoms with Crippen LogP contribution in [0, 0.1) is 0 Å². The molecule has 0 aliphatic carbocycles. The molecule has 0 amide bonds. The minimum Gasteiger partial charge on any atom is -0.406 e. The number of nitrogens with one attached hydrogen (secondary N) is 1. The minimum atomic E-state index is -4.72. The van der Waals surface area contributed by atoms with E-state index in [1.807, 2.05) is 24.3 Å². The van der Waals surface area contributed by atoms with Gasteiger partial charge in [-0.3, -0.25) is 0 Å². The maximum absolute atomic E-state index is 12.2. The lowest BCUT2D eigenvalue weighted by molar-refractivity contribution is -0.274. The van der Waals surface area contributed by atoms with Crippen molar-refractivity contribution in [3.63, 3.8) is 0 Å². The second kappa shape index (κ2) is 10.5. The molecule has 3 N–H and O–H groups in total. The maximum Gasteiger partial charge on any atom is 0.573 e. The van der Waals surface area contributed by atoms with Crippen molar-refractivity contribution >= 4 is 41.3 Å². The molecule has 10 heteroatoms. The van der Waals surface area contributed by atoms with Crippen molar-refractivity contribution in [3.05, 3.63) is 54.1 Å². The number of nitrogens with zero attached hydrogens (tertiary/aromatic N) is 2. The van der Waals surface area contributed by atoms with E-state index in [1.165, 1.54) is 24.3 Å². The molecule has 3 rings (SSSR count). The number of benzene rings is 2. The molecule has 1 saturated heterocycles. The first kappa shape index (κ1) is 23.1. The summed E-state index contributed by atoms with van der Waals surface area (Å²) in [7, 11) is 0. The fourth-order valence-electron chi connectivity index (χ4n) is 2.85. The van der Waals surface area contributed by atoms with Crippen molar-refractivity contribution < 1.29 is 22.6 Å². The lowest BCUT2D eigenvalue weighted by Gasteiger charge is -2.30. The molecule has 0 radical (unpaired) electrons. The molecule has 1 fully saturated rings. The van der Waals surface area contributed by atoms with Crippen LogP contribution in [-0.4, -0.2) is 38.6 Å². The van der Waals surface area contributed by atoms with Gasteiger partial charge in [-0.25, -0.2) is 4.99 Å². The second-order valence-corrected chi connectivity index (χ2v) is 6.13. The largest absolute Gasteiger partial charge is 0.573 e. The van der Waals surface area contributed by atoms with Crippen LogP contribution in [-0.2, 0) is 11.3 Å². The Morgan fingerprint density at radius 2 is 1.76 bits per heavy atom. The van der Waals surface area contributed by atoms with Crippen molar-refractivity contribution in [1.82, 2.24) is 0 Å². The third-order valence-electron chi connectivity index (χ3n) is 4.12. The summed E-state index contributed by atoms with van der Waals surface area (Å²) < 4.78 is 45.8. The fraction of sp³-hybridized carbons (Fsp3) is 0.316. The number of guanidine groups is 1. The summed E-state index contributed by atoms with van der Waals surface area (Å²) in [5.41, 5.74) is 8.55. The third-order valence-corrected chi connectivity index (χ3v) is 4.12. The van der Waals surface area contributed by atoms with E-state index in [2.05, 4.69) is 19.9 Å². The van der Waals surface area contributed by atoms with E-state index in [9.17, 15) is 13.2 Å². The molecular formula is C19H22F3IN4O2. The van der Waals surface area contributed by atoms with Gasteiger partial charge in [-0.05, 0) is 35.9 Å². The van der Waals surface area contributed by atoms with E-state index >= 15 is 0 Å². The summed E-state index contributed by atoms with van der Waals surface area (Å²) in [5, 5.41) is 2.86. The van der Waals surface area contributed by atoms with Crippen molar-refractivity contribution in [2.45, 2.75) is 12.9 Å². The predicted octanol–water partition coefficient (Wildman–Crippen LogP) is 3.97. The Kier molecular flexibility index (Phi) is 8.38. The van der Waals surface area contributed by atoms with Gasteiger partial charge in [0.2, 0.25) is 0 Å². The smallest absolute Gasteiger partial charge is 0.406 e. The monoisotopic (exact) mass is 522 g/mol. The zero-order valence-corrected chi connectivity index (χ0v) is 17.8. The van der Waals surface area contributed by atoms with Crippen LogP contribution in [0.15, 0.2) is 53.5 Å². The van der Waals surface area contributed by atoms with Crippen LogP contribution in [0.3, 0.4) is 0 Å². The van der Waals surface area contributed by atoms with Gasteiger partial charge in [0.1, 0.15) is 5.75 Å². The summed E-state index contributed by atoms with van der Waals surface area (Å²) >= 11 is 0. The molecule has 2 aromatic carbocycles. The summed E-state index contributed by atoms with van der Waals surface area (Å²) in [6, 6.07) is 13.2. The van der Waals surface area contributed by atoms with Gasteiger partial charge < -0.3 is 25.4 Å². The molecule has 0 saturated carbocycles. The Labute approximate surface area is 183 Å². The number of hydrogen-bond acceptors (Lipinski definition) is 4. The van der Waals surface area contributed by atoms with Gasteiger partial charge in [0.05, 0.1) is 19.8 Å². The van der Waals surface area contributed by atoms with Gasteiger partial charge in [-0.15, -0.1) is 37.1 Å². The van der Waals surface area contributed by atoms with Crippen molar-refractivity contribution in [3.8, 4) is 5.75 Å². The first-order chi connectivity index (χ1) is 13.4. The molecule has 6 nitrogen and oxygen atoms in total. The number of hydrogen-bond donors (Lipinski definition) is 2. The third kappa shape index (κ3) is 7.28. The van der Waals surface area contributed by atoms with Crippen LogP contribution >= 0.6 is 24.0 Å². The molecule has 0 aromatic heterocycles. The number of aliphatic imine (C=N–C) groups is 1. The molecule has 0 atom stereocenters. The highest BCUT2D eigenvalue weighted by Gasteiger charge is 2.30. The van der Waals surface area contributed by atoms with Crippen LogP contribution in [0.1, 0.15) is 5.56 Å². The molecule has 0 spiro atoms. The van der Waals surface area contributed by atoms with E-state index < -0.39 is 6.36 Å². The van der Waals surface area contributed by atoms with Crippen LogP contribution in [0.2, 0.25) is 0 Å². The Morgan fingerprint density at radius 1 is 1.10 bits per heavy atom. The van der Waals surface area contributed by atoms with Gasteiger partial charge in [-0.2, -0.15) is 0 Å². The first-order valence-corrected chi connectivity index (χ1v) is 8.74. The lowest BCUT2D eigenvalue weighted by Crippen LogP contribution is -2.36. The average molecular weight is 522 g/mol. The van der Waals surface area contributed by atoms with E-state index in [4.69, 9.17) is 10.5 Å². The molecule has 29 heavy (non-hydrogen) atoms. The van der Waals surface area contributed by atoms with Crippen LogP contribution < -0.4 is 20.7 Å². The van der Waals surface area contributed by atoms with Gasteiger partial charge in [-0.1, -0.05) is 18.2 Å². The predicted molar refractivity (Wildman–Crippen MR) is 117 cm³/mol. The number of ether oxygens (including phenoxy) is 2. The number of rotatable bonds is 5. The Balaban J connectivity index is 0.00000300. The molecule has 0 unspecified atom stereocenters. The average Bonchev–Trinajstić information content (AvgIpc) is 2.68. The van der Waals surface area contributed by atoms with E-state index in [0.717, 1.165) is 24.3 Å². The maximum atomic E-state index is 12.2. The Bertz CT molecular complexity index is 810. The van der Waals surface area contributed by atoms with E-state index in [-0.39, 0.29) is 35.7 Å². The number of morpholine rings is 1. The van der Waals surface area contributed by atoms with Crippen LogP contribution in [0.25, 0.3) is 0 Å². The number of anilines is 2. The van der Waals surface area contributed by atoms with Crippen LogP contribution in [0.5, 0.6) is 5.75 Å². The minimum absolute atomic E-state index is 0. The summed E-state index contributed by atoms with van der Waals surface area (Å²) in [5.74, 6) is -0.130. The lowest BCUT2D eigenvalue weighted by atomic mass is 10.1. The number of para-hydroxylation sites is 1. The number of alkyl halides is 3.